The summed E-state index contributed by atoms with van der Waals surface area (Å²) < 4.78 is 0.925. The summed E-state index contributed by atoms with van der Waals surface area (Å²) in [5, 5.41) is 21.0. The number of halogens is 1. The first-order valence-corrected chi connectivity index (χ1v) is 6.45. The number of nitrogens with one attached hydrogen (secondary N) is 1. The molecule has 0 saturated heterocycles. The quantitative estimate of drug-likeness (QED) is 0.937. The Hall–Kier alpha value is -2.30. The van der Waals surface area contributed by atoms with E-state index < -0.39 is 0 Å². The van der Waals surface area contributed by atoms with E-state index >= 15 is 0 Å². The highest BCUT2D eigenvalue weighted by molar-refractivity contribution is 9.10. The van der Waals surface area contributed by atoms with Gasteiger partial charge in [-0.3, -0.25) is 0 Å². The molecule has 0 aliphatic rings. The summed E-state index contributed by atoms with van der Waals surface area (Å²) in [6.07, 6.45) is 0. The largest absolute Gasteiger partial charge is 0.380 e. The molecular formula is C15H10BrN3. The first-order valence-electron chi connectivity index (χ1n) is 5.65. The molecule has 19 heavy (non-hydrogen) atoms. The van der Waals surface area contributed by atoms with Gasteiger partial charge >= 0.3 is 0 Å². The molecule has 0 heterocycles. The van der Waals surface area contributed by atoms with Crippen molar-refractivity contribution >= 4 is 21.6 Å². The van der Waals surface area contributed by atoms with Crippen molar-refractivity contribution in [3.63, 3.8) is 0 Å². The average Bonchev–Trinajstić information content (AvgIpc) is 2.46. The van der Waals surface area contributed by atoms with Crippen molar-refractivity contribution in [2.24, 2.45) is 0 Å². The molecule has 0 aliphatic carbocycles. The summed E-state index contributed by atoms with van der Waals surface area (Å²) in [5.74, 6) is 0. The van der Waals surface area contributed by atoms with Gasteiger partial charge in [0.1, 0.15) is 6.07 Å². The average molecular weight is 312 g/mol. The minimum absolute atomic E-state index is 0.608. The summed E-state index contributed by atoms with van der Waals surface area (Å²) in [6.45, 7) is 0.608. The molecule has 0 atom stereocenters. The van der Waals surface area contributed by atoms with Gasteiger partial charge in [0.05, 0.1) is 22.9 Å². The Morgan fingerprint density at radius 2 is 1.74 bits per heavy atom. The highest BCUT2D eigenvalue weighted by Gasteiger charge is 2.02. The Labute approximate surface area is 120 Å². The zero-order chi connectivity index (χ0) is 13.7. The third-order valence-electron chi connectivity index (χ3n) is 2.67. The van der Waals surface area contributed by atoms with Crippen molar-refractivity contribution in [3.05, 3.63) is 63.6 Å². The van der Waals surface area contributed by atoms with Crippen LogP contribution in [0, 0.1) is 22.7 Å². The van der Waals surface area contributed by atoms with Crippen LogP contribution in [0.2, 0.25) is 0 Å². The van der Waals surface area contributed by atoms with Gasteiger partial charge < -0.3 is 5.32 Å². The maximum absolute atomic E-state index is 9.03. The van der Waals surface area contributed by atoms with Crippen LogP contribution in [0.5, 0.6) is 0 Å². The lowest BCUT2D eigenvalue weighted by Gasteiger charge is -2.08. The van der Waals surface area contributed by atoms with Crippen LogP contribution in [0.25, 0.3) is 0 Å². The minimum Gasteiger partial charge on any atom is -0.380 e. The van der Waals surface area contributed by atoms with Gasteiger partial charge in [-0.1, -0.05) is 28.1 Å². The SMILES string of the molecule is N#Cc1ccc(CNc2cc(Br)ccc2C#N)cc1. The molecule has 2 aromatic carbocycles. The molecule has 0 saturated carbocycles. The number of anilines is 1. The molecule has 1 N–H and O–H groups in total. The fraction of sp³-hybridized carbons (Fsp3) is 0.0667. The van der Waals surface area contributed by atoms with E-state index in [4.69, 9.17) is 10.5 Å². The smallest absolute Gasteiger partial charge is 0.101 e. The van der Waals surface area contributed by atoms with Crippen LogP contribution in [0.4, 0.5) is 5.69 Å². The second-order valence-corrected chi connectivity index (χ2v) is 4.88. The zero-order valence-corrected chi connectivity index (χ0v) is 11.6. The van der Waals surface area contributed by atoms with Crippen LogP contribution in [0.1, 0.15) is 16.7 Å². The highest BCUT2D eigenvalue weighted by Crippen LogP contribution is 2.21. The maximum Gasteiger partial charge on any atom is 0.101 e. The predicted molar refractivity (Wildman–Crippen MR) is 77.3 cm³/mol. The van der Waals surface area contributed by atoms with Gasteiger partial charge in [0.15, 0.2) is 0 Å². The lowest BCUT2D eigenvalue weighted by molar-refractivity contribution is 1.14. The maximum atomic E-state index is 9.03. The molecule has 4 heteroatoms. The van der Waals surface area contributed by atoms with Gasteiger partial charge in [0.25, 0.3) is 0 Å². The zero-order valence-electron chi connectivity index (χ0n) is 10.0. The normalized spacial score (nSPS) is 9.42. The molecular weight excluding hydrogens is 302 g/mol. The number of hydrogen-bond donors (Lipinski definition) is 1. The number of hydrogen-bond acceptors (Lipinski definition) is 3. The molecule has 0 spiro atoms. The Morgan fingerprint density at radius 1 is 1.00 bits per heavy atom. The van der Waals surface area contributed by atoms with Crippen LogP contribution in [-0.2, 0) is 6.54 Å². The van der Waals surface area contributed by atoms with Gasteiger partial charge in [-0.25, -0.2) is 0 Å². The van der Waals surface area contributed by atoms with Gasteiger partial charge in [-0.05, 0) is 35.9 Å². The van der Waals surface area contributed by atoms with E-state index in [1.165, 1.54) is 0 Å². The van der Waals surface area contributed by atoms with Gasteiger partial charge in [0, 0.05) is 11.0 Å². The highest BCUT2D eigenvalue weighted by atomic mass is 79.9. The summed E-state index contributed by atoms with van der Waals surface area (Å²) in [5.41, 5.74) is 3.10. The van der Waals surface area contributed by atoms with E-state index in [2.05, 4.69) is 33.4 Å². The van der Waals surface area contributed by atoms with Crippen LogP contribution in [0.3, 0.4) is 0 Å². The number of benzene rings is 2. The van der Waals surface area contributed by atoms with Gasteiger partial charge in [-0.15, -0.1) is 0 Å². The Bertz CT molecular complexity index is 663. The Balaban J connectivity index is 2.12. The lowest BCUT2D eigenvalue weighted by atomic mass is 10.1. The number of nitriles is 2. The third kappa shape index (κ3) is 3.34. The molecule has 0 unspecified atom stereocenters. The fourth-order valence-electron chi connectivity index (χ4n) is 1.65. The van der Waals surface area contributed by atoms with Crippen molar-refractivity contribution in [1.82, 2.24) is 0 Å². The van der Waals surface area contributed by atoms with Gasteiger partial charge in [-0.2, -0.15) is 10.5 Å². The number of nitrogens with zero attached hydrogens (tertiary/aromatic N) is 2. The predicted octanol–water partition coefficient (Wildman–Crippen LogP) is 3.80. The van der Waals surface area contributed by atoms with E-state index in [1.54, 1.807) is 18.2 Å². The molecule has 0 amide bonds. The van der Waals surface area contributed by atoms with Crippen LogP contribution in [0.15, 0.2) is 46.9 Å². The molecule has 0 radical (unpaired) electrons. The third-order valence-corrected chi connectivity index (χ3v) is 3.16. The first kappa shape index (κ1) is 13.1. The molecule has 2 aromatic rings. The van der Waals surface area contributed by atoms with Crippen LogP contribution in [-0.4, -0.2) is 0 Å². The summed E-state index contributed by atoms with van der Waals surface area (Å²) in [6, 6.07) is 17.1. The lowest BCUT2D eigenvalue weighted by Crippen LogP contribution is -2.01. The van der Waals surface area contributed by atoms with Crippen molar-refractivity contribution in [1.29, 1.82) is 10.5 Å². The summed E-state index contributed by atoms with van der Waals surface area (Å²) in [4.78, 5) is 0. The molecule has 0 bridgehead atoms. The summed E-state index contributed by atoms with van der Waals surface area (Å²) >= 11 is 3.39. The molecule has 0 aromatic heterocycles. The van der Waals surface area contributed by atoms with E-state index in [-0.39, 0.29) is 0 Å². The first-order chi connectivity index (χ1) is 9.22. The molecule has 3 nitrogen and oxygen atoms in total. The molecule has 0 fully saturated rings. The van der Waals surface area contributed by atoms with Crippen molar-refractivity contribution < 1.29 is 0 Å². The van der Waals surface area contributed by atoms with Crippen molar-refractivity contribution in [2.75, 3.05) is 5.32 Å². The fourth-order valence-corrected chi connectivity index (χ4v) is 2.02. The second kappa shape index (κ2) is 6.04. The summed E-state index contributed by atoms with van der Waals surface area (Å²) in [7, 11) is 0. The van der Waals surface area contributed by atoms with Crippen LogP contribution < -0.4 is 5.32 Å². The van der Waals surface area contributed by atoms with E-state index in [0.29, 0.717) is 17.7 Å². The Morgan fingerprint density at radius 3 is 2.37 bits per heavy atom. The molecule has 92 valence electrons. The van der Waals surface area contributed by atoms with Crippen molar-refractivity contribution in [3.8, 4) is 12.1 Å². The molecule has 2 rings (SSSR count). The van der Waals surface area contributed by atoms with E-state index in [0.717, 1.165) is 15.7 Å². The monoisotopic (exact) mass is 311 g/mol. The topological polar surface area (TPSA) is 59.6 Å². The van der Waals surface area contributed by atoms with Crippen LogP contribution >= 0.6 is 15.9 Å². The molecule has 0 aliphatic heterocycles. The Kier molecular flexibility index (Phi) is 4.18. The van der Waals surface area contributed by atoms with Gasteiger partial charge in [0.2, 0.25) is 0 Å². The van der Waals surface area contributed by atoms with Crippen molar-refractivity contribution in [2.45, 2.75) is 6.54 Å². The minimum atomic E-state index is 0.608. The standard InChI is InChI=1S/C15H10BrN3/c16-14-6-5-13(9-18)15(7-14)19-10-12-3-1-11(8-17)2-4-12/h1-7,19H,10H2. The van der Waals surface area contributed by atoms with E-state index in [9.17, 15) is 0 Å². The second-order valence-electron chi connectivity index (χ2n) is 3.96. The number of rotatable bonds is 3. The van der Waals surface area contributed by atoms with E-state index in [1.807, 2.05) is 24.3 Å².